The third-order valence-electron chi connectivity index (χ3n) is 4.06. The molecule has 122 valence electrons. The van der Waals surface area contributed by atoms with Gasteiger partial charge in [-0.2, -0.15) is 9.67 Å². The summed E-state index contributed by atoms with van der Waals surface area (Å²) in [6.07, 6.45) is 0.669. The van der Waals surface area contributed by atoms with E-state index in [1.54, 1.807) is 0 Å². The van der Waals surface area contributed by atoms with Crippen molar-refractivity contribution in [2.45, 2.75) is 26.2 Å². The average molecular weight is 320 g/mol. The normalized spacial score (nSPS) is 12.1. The summed E-state index contributed by atoms with van der Waals surface area (Å²) >= 11 is 0. The maximum Gasteiger partial charge on any atom is 0.257 e. The largest absolute Gasteiger partial charge is 0.368 e. The Balaban J connectivity index is 1.94. The number of aromatic nitrogens is 3. The van der Waals surface area contributed by atoms with Crippen LogP contribution in [0, 0.1) is 6.92 Å². The number of hydrogen-bond donors (Lipinski definition) is 1. The van der Waals surface area contributed by atoms with Crippen molar-refractivity contribution in [3.05, 3.63) is 65.7 Å². The molecule has 0 radical (unpaired) electrons. The maximum atomic E-state index is 12.9. The van der Waals surface area contributed by atoms with Crippen LogP contribution in [0.3, 0.4) is 0 Å². The van der Waals surface area contributed by atoms with Crippen LogP contribution < -0.4 is 5.73 Å². The fourth-order valence-electron chi connectivity index (χ4n) is 2.70. The SMILES string of the molecule is CCC(C(=O)n1nc(-c2ccc(C)cc2)nc1N)c1ccccc1. The van der Waals surface area contributed by atoms with Crippen molar-refractivity contribution in [1.29, 1.82) is 0 Å². The molecule has 0 aliphatic rings. The van der Waals surface area contributed by atoms with E-state index < -0.39 is 0 Å². The lowest BCUT2D eigenvalue weighted by Gasteiger charge is -2.13. The van der Waals surface area contributed by atoms with Crippen molar-refractivity contribution in [3.63, 3.8) is 0 Å². The van der Waals surface area contributed by atoms with Gasteiger partial charge < -0.3 is 5.73 Å². The summed E-state index contributed by atoms with van der Waals surface area (Å²) in [7, 11) is 0. The van der Waals surface area contributed by atoms with Crippen LogP contribution in [0.25, 0.3) is 11.4 Å². The molecule has 1 atom stereocenters. The van der Waals surface area contributed by atoms with E-state index in [1.807, 2.05) is 68.4 Å². The zero-order valence-electron chi connectivity index (χ0n) is 13.8. The fraction of sp³-hybridized carbons (Fsp3) is 0.211. The van der Waals surface area contributed by atoms with Gasteiger partial charge in [0, 0.05) is 5.56 Å². The molecule has 0 saturated heterocycles. The number of carbonyl (C=O) groups is 1. The van der Waals surface area contributed by atoms with E-state index in [1.165, 1.54) is 4.68 Å². The highest BCUT2D eigenvalue weighted by Crippen LogP contribution is 2.24. The van der Waals surface area contributed by atoms with Crippen LogP contribution in [0.1, 0.15) is 35.2 Å². The minimum atomic E-state index is -0.291. The Kier molecular flexibility index (Phi) is 4.42. The first-order chi connectivity index (χ1) is 11.6. The molecule has 0 saturated carbocycles. The first-order valence-electron chi connectivity index (χ1n) is 7.99. The summed E-state index contributed by atoms with van der Waals surface area (Å²) in [5, 5.41) is 4.33. The van der Waals surface area contributed by atoms with Gasteiger partial charge in [-0.15, -0.1) is 5.10 Å². The zero-order valence-corrected chi connectivity index (χ0v) is 13.8. The predicted molar refractivity (Wildman–Crippen MR) is 94.7 cm³/mol. The Hall–Kier alpha value is -2.95. The highest BCUT2D eigenvalue weighted by atomic mass is 16.2. The number of carbonyl (C=O) groups excluding carboxylic acids is 1. The van der Waals surface area contributed by atoms with Gasteiger partial charge in [0.25, 0.3) is 5.91 Å². The summed E-state index contributed by atoms with van der Waals surface area (Å²) in [5.74, 6) is 0.127. The Morgan fingerprint density at radius 3 is 2.42 bits per heavy atom. The third kappa shape index (κ3) is 3.06. The molecule has 3 aromatic rings. The van der Waals surface area contributed by atoms with Crippen LogP contribution in [0.5, 0.6) is 0 Å². The van der Waals surface area contributed by atoms with E-state index in [9.17, 15) is 4.79 Å². The van der Waals surface area contributed by atoms with Crippen LogP contribution in [0.4, 0.5) is 5.95 Å². The van der Waals surface area contributed by atoms with Crippen LogP contribution in [-0.4, -0.2) is 20.7 Å². The minimum absolute atomic E-state index is 0.116. The van der Waals surface area contributed by atoms with Gasteiger partial charge in [-0.05, 0) is 18.9 Å². The molecule has 5 nitrogen and oxygen atoms in total. The van der Waals surface area contributed by atoms with Gasteiger partial charge in [0.2, 0.25) is 5.95 Å². The van der Waals surface area contributed by atoms with Crippen molar-refractivity contribution in [1.82, 2.24) is 14.8 Å². The number of rotatable bonds is 4. The van der Waals surface area contributed by atoms with Crippen LogP contribution in [0.15, 0.2) is 54.6 Å². The minimum Gasteiger partial charge on any atom is -0.368 e. The van der Waals surface area contributed by atoms with Gasteiger partial charge in [0.15, 0.2) is 5.82 Å². The lowest BCUT2D eigenvalue weighted by molar-refractivity contribution is 0.0862. The van der Waals surface area contributed by atoms with Crippen molar-refractivity contribution < 1.29 is 4.79 Å². The topological polar surface area (TPSA) is 73.8 Å². The van der Waals surface area contributed by atoms with Crippen molar-refractivity contribution in [2.24, 2.45) is 0 Å². The lowest BCUT2D eigenvalue weighted by Crippen LogP contribution is -2.22. The molecule has 0 spiro atoms. The summed E-state index contributed by atoms with van der Waals surface area (Å²) in [4.78, 5) is 17.1. The van der Waals surface area contributed by atoms with Crippen molar-refractivity contribution in [2.75, 3.05) is 5.73 Å². The van der Waals surface area contributed by atoms with Gasteiger partial charge in [0.05, 0.1) is 5.92 Å². The molecule has 24 heavy (non-hydrogen) atoms. The zero-order chi connectivity index (χ0) is 17.1. The van der Waals surface area contributed by atoms with E-state index in [0.29, 0.717) is 12.2 Å². The Morgan fingerprint density at radius 1 is 1.12 bits per heavy atom. The number of nitrogens with zero attached hydrogens (tertiary/aromatic N) is 3. The van der Waals surface area contributed by atoms with Gasteiger partial charge in [-0.3, -0.25) is 4.79 Å². The Morgan fingerprint density at radius 2 is 1.79 bits per heavy atom. The number of nitrogen functional groups attached to an aromatic ring is 1. The highest BCUT2D eigenvalue weighted by Gasteiger charge is 2.24. The molecule has 3 rings (SSSR count). The molecule has 0 aliphatic heterocycles. The van der Waals surface area contributed by atoms with Gasteiger partial charge in [0.1, 0.15) is 0 Å². The van der Waals surface area contributed by atoms with Crippen LogP contribution in [0.2, 0.25) is 0 Å². The first kappa shape index (κ1) is 15.9. The summed E-state index contributed by atoms with van der Waals surface area (Å²) < 4.78 is 1.22. The Bertz CT molecular complexity index is 838. The quantitative estimate of drug-likeness (QED) is 0.796. The second-order valence-corrected chi connectivity index (χ2v) is 5.78. The molecule has 5 heteroatoms. The molecule has 1 aromatic heterocycles. The van der Waals surface area contributed by atoms with Crippen molar-refractivity contribution >= 4 is 11.9 Å². The number of nitrogens with two attached hydrogens (primary N) is 1. The molecule has 1 unspecified atom stereocenters. The molecule has 1 heterocycles. The molecule has 2 N–H and O–H groups in total. The van der Waals surface area contributed by atoms with Crippen LogP contribution in [-0.2, 0) is 0 Å². The average Bonchev–Trinajstić information content (AvgIpc) is 2.99. The molecule has 0 bridgehead atoms. The monoisotopic (exact) mass is 320 g/mol. The number of aryl methyl sites for hydroxylation is 1. The molecule has 2 aromatic carbocycles. The lowest BCUT2D eigenvalue weighted by atomic mass is 9.96. The molecule has 0 aliphatic carbocycles. The van der Waals surface area contributed by atoms with Crippen LogP contribution >= 0.6 is 0 Å². The van der Waals surface area contributed by atoms with E-state index >= 15 is 0 Å². The summed E-state index contributed by atoms with van der Waals surface area (Å²) in [6.45, 7) is 3.99. The van der Waals surface area contributed by atoms with Gasteiger partial charge in [-0.1, -0.05) is 67.1 Å². The van der Waals surface area contributed by atoms with Gasteiger partial charge >= 0.3 is 0 Å². The Labute approximate surface area is 141 Å². The van der Waals surface area contributed by atoms with Gasteiger partial charge in [-0.25, -0.2) is 0 Å². The van der Waals surface area contributed by atoms with E-state index in [4.69, 9.17) is 5.73 Å². The second kappa shape index (κ2) is 6.66. The fourth-order valence-corrected chi connectivity index (χ4v) is 2.70. The maximum absolute atomic E-state index is 12.9. The molecule has 0 amide bonds. The number of anilines is 1. The predicted octanol–water partition coefficient (Wildman–Crippen LogP) is 3.67. The summed E-state index contributed by atoms with van der Waals surface area (Å²) in [6, 6.07) is 17.5. The van der Waals surface area contributed by atoms with Crippen molar-refractivity contribution in [3.8, 4) is 11.4 Å². The summed E-state index contributed by atoms with van der Waals surface area (Å²) in [5.41, 5.74) is 8.89. The standard InChI is InChI=1S/C19H20N4O/c1-3-16(14-7-5-4-6-8-14)18(24)23-19(20)21-17(22-23)15-11-9-13(2)10-12-15/h4-12,16H,3H2,1-2H3,(H2,20,21,22). The molecule has 0 fully saturated rings. The number of benzene rings is 2. The third-order valence-corrected chi connectivity index (χ3v) is 4.06. The first-order valence-corrected chi connectivity index (χ1v) is 7.99. The molecular formula is C19H20N4O. The van der Waals surface area contributed by atoms with E-state index in [-0.39, 0.29) is 17.8 Å². The second-order valence-electron chi connectivity index (χ2n) is 5.78. The molecular weight excluding hydrogens is 300 g/mol. The van der Waals surface area contributed by atoms with E-state index in [0.717, 1.165) is 16.7 Å². The number of hydrogen-bond acceptors (Lipinski definition) is 4. The highest BCUT2D eigenvalue weighted by molar-refractivity contribution is 5.87. The smallest absolute Gasteiger partial charge is 0.257 e. The van der Waals surface area contributed by atoms with E-state index in [2.05, 4.69) is 10.1 Å².